The van der Waals surface area contributed by atoms with Crippen LogP contribution in [0.1, 0.15) is 6.92 Å². The number of sulfonamides is 2. The molecule has 3 aromatic rings. The van der Waals surface area contributed by atoms with E-state index in [1.54, 1.807) is 12.1 Å². The third-order valence-corrected chi connectivity index (χ3v) is 7.41. The van der Waals surface area contributed by atoms with Gasteiger partial charge in [0.05, 0.1) is 28.7 Å². The molecule has 0 aliphatic heterocycles. The predicted molar refractivity (Wildman–Crippen MR) is 128 cm³/mol. The Bertz CT molecular complexity index is 1330. The third-order valence-electron chi connectivity index (χ3n) is 4.52. The first-order valence-corrected chi connectivity index (χ1v) is 13.3. The van der Waals surface area contributed by atoms with Crippen LogP contribution in [-0.2, 0) is 24.8 Å². The largest absolute Gasteiger partial charge is 0.324 e. The van der Waals surface area contributed by atoms with Crippen LogP contribution in [0.5, 0.6) is 0 Å². The van der Waals surface area contributed by atoms with Crippen molar-refractivity contribution in [3.05, 3.63) is 78.1 Å². The molecule has 1 amide bonds. The van der Waals surface area contributed by atoms with Crippen molar-refractivity contribution in [2.24, 2.45) is 0 Å². The van der Waals surface area contributed by atoms with Crippen LogP contribution in [0.25, 0.3) is 0 Å². The highest BCUT2D eigenvalue weighted by Gasteiger charge is 2.29. The summed E-state index contributed by atoms with van der Waals surface area (Å²) in [6, 6.07) is 13.6. The average molecular weight is 509 g/mol. The summed E-state index contributed by atoms with van der Waals surface area (Å²) in [6.07, 6.45) is 3.90. The molecule has 0 aliphatic carbocycles. The predicted octanol–water partition coefficient (Wildman–Crippen LogP) is 3.33. The average Bonchev–Trinajstić information content (AvgIpc) is 2.75. The molecule has 2 aromatic carbocycles. The molecule has 9 nitrogen and oxygen atoms in total. The molecule has 0 fully saturated rings. The number of hydrogen-bond acceptors (Lipinski definition) is 6. The third kappa shape index (κ3) is 6.21. The van der Waals surface area contributed by atoms with Crippen molar-refractivity contribution < 1.29 is 21.6 Å². The molecule has 0 saturated carbocycles. The number of amides is 1. The Hall–Kier alpha value is -3.15. The zero-order valence-electron chi connectivity index (χ0n) is 17.6. The molecule has 1 unspecified atom stereocenters. The molecular weight excluding hydrogens is 488 g/mol. The molecule has 0 spiro atoms. The van der Waals surface area contributed by atoms with Crippen LogP contribution in [0.15, 0.2) is 78.0 Å². The van der Waals surface area contributed by atoms with Crippen molar-refractivity contribution in [1.82, 2.24) is 4.98 Å². The lowest BCUT2D eigenvalue weighted by Gasteiger charge is -2.28. The molecule has 0 saturated heterocycles. The molecule has 33 heavy (non-hydrogen) atoms. The Morgan fingerprint density at radius 1 is 0.970 bits per heavy atom. The molecule has 1 heterocycles. The highest BCUT2D eigenvalue weighted by Crippen LogP contribution is 2.24. The van der Waals surface area contributed by atoms with E-state index in [1.165, 1.54) is 67.8 Å². The molecule has 2 N–H and O–H groups in total. The zero-order valence-corrected chi connectivity index (χ0v) is 20.0. The van der Waals surface area contributed by atoms with Gasteiger partial charge in [-0.2, -0.15) is 0 Å². The van der Waals surface area contributed by atoms with Gasteiger partial charge in [0, 0.05) is 16.9 Å². The number of halogens is 1. The van der Waals surface area contributed by atoms with Crippen molar-refractivity contribution in [3.8, 4) is 0 Å². The lowest BCUT2D eigenvalue weighted by atomic mass is 10.2. The number of nitrogens with zero attached hydrogens (tertiary/aromatic N) is 2. The SMILES string of the molecule is CC(C(=O)Nc1ccc(S(=O)(=O)Nc2cccnc2)cc1)N(c1ccc(Cl)cc1)S(C)(=O)=O. The molecule has 0 aliphatic rings. The second-order valence-corrected chi connectivity index (χ2v) is 11.1. The van der Waals surface area contributed by atoms with Crippen LogP contribution in [0.3, 0.4) is 0 Å². The van der Waals surface area contributed by atoms with Crippen LogP contribution in [-0.4, -0.2) is 40.0 Å². The van der Waals surface area contributed by atoms with E-state index < -0.39 is 32.0 Å². The number of benzene rings is 2. The lowest BCUT2D eigenvalue weighted by Crippen LogP contribution is -2.45. The fourth-order valence-electron chi connectivity index (χ4n) is 3.00. The summed E-state index contributed by atoms with van der Waals surface area (Å²) >= 11 is 5.87. The number of anilines is 3. The van der Waals surface area contributed by atoms with Crippen LogP contribution < -0.4 is 14.3 Å². The van der Waals surface area contributed by atoms with Crippen LogP contribution in [0.2, 0.25) is 5.02 Å². The summed E-state index contributed by atoms with van der Waals surface area (Å²) in [5.74, 6) is -0.598. The van der Waals surface area contributed by atoms with Crippen LogP contribution >= 0.6 is 11.6 Å². The maximum absolute atomic E-state index is 12.8. The van der Waals surface area contributed by atoms with Gasteiger partial charge in [-0.3, -0.25) is 18.8 Å². The topological polar surface area (TPSA) is 126 Å². The highest BCUT2D eigenvalue weighted by atomic mass is 35.5. The van der Waals surface area contributed by atoms with Crippen molar-refractivity contribution in [3.63, 3.8) is 0 Å². The Morgan fingerprint density at radius 2 is 1.61 bits per heavy atom. The summed E-state index contributed by atoms with van der Waals surface area (Å²) in [5.41, 5.74) is 0.899. The molecule has 174 valence electrons. The number of aromatic nitrogens is 1. The normalized spacial score (nSPS) is 12.6. The van der Waals surface area contributed by atoms with E-state index in [0.717, 1.165) is 10.6 Å². The number of nitrogens with one attached hydrogen (secondary N) is 2. The highest BCUT2D eigenvalue weighted by molar-refractivity contribution is 7.92. The number of hydrogen-bond donors (Lipinski definition) is 2. The fourth-order valence-corrected chi connectivity index (χ4v) is 5.34. The quantitative estimate of drug-likeness (QED) is 0.480. The molecule has 1 aromatic heterocycles. The monoisotopic (exact) mass is 508 g/mol. The van der Waals surface area contributed by atoms with E-state index in [0.29, 0.717) is 16.4 Å². The van der Waals surface area contributed by atoms with E-state index in [1.807, 2.05) is 0 Å². The smallest absolute Gasteiger partial charge is 0.261 e. The summed E-state index contributed by atoms with van der Waals surface area (Å²) in [6.45, 7) is 1.45. The van der Waals surface area contributed by atoms with Crippen LogP contribution in [0.4, 0.5) is 17.1 Å². The number of pyridine rings is 1. The van der Waals surface area contributed by atoms with Gasteiger partial charge in [0.25, 0.3) is 10.0 Å². The van der Waals surface area contributed by atoms with Gasteiger partial charge in [0.2, 0.25) is 15.9 Å². The number of carbonyl (C=O) groups is 1. The Morgan fingerprint density at radius 3 is 2.15 bits per heavy atom. The molecule has 1 atom stereocenters. The van der Waals surface area contributed by atoms with Crippen molar-refractivity contribution in [1.29, 1.82) is 0 Å². The van der Waals surface area contributed by atoms with Gasteiger partial charge in [-0.1, -0.05) is 11.6 Å². The van der Waals surface area contributed by atoms with Crippen LogP contribution in [0, 0.1) is 0 Å². The van der Waals surface area contributed by atoms with E-state index in [4.69, 9.17) is 11.6 Å². The minimum absolute atomic E-state index is 0.0173. The van der Waals surface area contributed by atoms with Gasteiger partial charge in [0.15, 0.2) is 0 Å². The lowest BCUT2D eigenvalue weighted by molar-refractivity contribution is -0.116. The number of carbonyl (C=O) groups excluding carboxylic acids is 1. The summed E-state index contributed by atoms with van der Waals surface area (Å²) in [5, 5.41) is 3.04. The minimum Gasteiger partial charge on any atom is -0.324 e. The second kappa shape index (κ2) is 9.77. The molecular formula is C21H21ClN4O5S2. The first kappa shape index (κ1) is 24.5. The maximum atomic E-state index is 12.8. The van der Waals surface area contributed by atoms with E-state index in [9.17, 15) is 21.6 Å². The molecule has 3 rings (SSSR count). The second-order valence-electron chi connectivity index (χ2n) is 7.07. The van der Waals surface area contributed by atoms with Gasteiger partial charge in [-0.05, 0) is 67.6 Å². The van der Waals surface area contributed by atoms with Crippen molar-refractivity contribution in [2.45, 2.75) is 17.9 Å². The van der Waals surface area contributed by atoms with E-state index in [2.05, 4.69) is 15.0 Å². The molecule has 12 heteroatoms. The summed E-state index contributed by atoms with van der Waals surface area (Å²) in [7, 11) is -7.63. The molecule has 0 radical (unpaired) electrons. The molecule has 0 bridgehead atoms. The first-order valence-electron chi connectivity index (χ1n) is 9.56. The first-order chi connectivity index (χ1) is 15.5. The standard InChI is InChI=1S/C21H21ClN4O5S2/c1-15(26(32(2,28)29)19-9-5-16(22)6-10-19)21(27)24-17-7-11-20(12-8-17)33(30,31)25-18-4-3-13-23-14-18/h3-15,25H,1-2H3,(H,24,27). The van der Waals surface area contributed by atoms with E-state index >= 15 is 0 Å². The summed E-state index contributed by atoms with van der Waals surface area (Å²) < 4.78 is 53.1. The number of rotatable bonds is 8. The Labute approximate surface area is 197 Å². The summed E-state index contributed by atoms with van der Waals surface area (Å²) in [4.78, 5) is 16.6. The minimum atomic E-state index is -3.85. The van der Waals surface area contributed by atoms with Gasteiger partial charge in [-0.15, -0.1) is 0 Å². The maximum Gasteiger partial charge on any atom is 0.261 e. The Kier molecular flexibility index (Phi) is 7.25. The van der Waals surface area contributed by atoms with Gasteiger partial charge in [-0.25, -0.2) is 16.8 Å². The zero-order chi connectivity index (χ0) is 24.2. The van der Waals surface area contributed by atoms with Gasteiger partial charge in [0.1, 0.15) is 6.04 Å². The Balaban J connectivity index is 1.76. The van der Waals surface area contributed by atoms with E-state index in [-0.39, 0.29) is 10.6 Å². The van der Waals surface area contributed by atoms with Crippen molar-refractivity contribution >= 4 is 54.6 Å². The fraction of sp³-hybridized carbons (Fsp3) is 0.143. The van der Waals surface area contributed by atoms with Crippen molar-refractivity contribution in [2.75, 3.05) is 20.6 Å². The van der Waals surface area contributed by atoms with Gasteiger partial charge >= 0.3 is 0 Å². The van der Waals surface area contributed by atoms with Gasteiger partial charge < -0.3 is 5.32 Å².